The molecule has 0 saturated carbocycles. The summed E-state index contributed by atoms with van der Waals surface area (Å²) in [6.45, 7) is 2.69. The minimum absolute atomic E-state index is 0.0819. The Labute approximate surface area is 205 Å². The van der Waals surface area contributed by atoms with Gasteiger partial charge in [0, 0.05) is 30.6 Å². The Morgan fingerprint density at radius 1 is 1.15 bits per heavy atom. The predicted molar refractivity (Wildman–Crippen MR) is 132 cm³/mol. The molecule has 5 atom stereocenters. The number of rotatable bonds is 10. The highest BCUT2D eigenvalue weighted by Gasteiger charge is 2.76. The van der Waals surface area contributed by atoms with Gasteiger partial charge in [-0.25, -0.2) is 0 Å². The van der Waals surface area contributed by atoms with Crippen molar-refractivity contribution in [2.75, 3.05) is 32.6 Å². The molecule has 9 heteroatoms. The second-order valence-corrected chi connectivity index (χ2v) is 11.6. The molecule has 3 saturated heterocycles. The van der Waals surface area contributed by atoms with Crippen LogP contribution in [-0.4, -0.2) is 70.6 Å². The van der Waals surface area contributed by atoms with Crippen LogP contribution in [0.4, 0.5) is 5.69 Å². The molecule has 8 nitrogen and oxygen atoms in total. The largest absolute Gasteiger partial charge is 0.497 e. The van der Waals surface area contributed by atoms with Gasteiger partial charge in [-0.1, -0.05) is 12.8 Å². The third-order valence-electron chi connectivity index (χ3n) is 7.72. The van der Waals surface area contributed by atoms with Crippen molar-refractivity contribution in [3.8, 4) is 5.75 Å². The Kier molecular flexibility index (Phi) is 7.14. The van der Waals surface area contributed by atoms with E-state index in [-0.39, 0.29) is 29.1 Å². The average Bonchev–Trinajstić information content (AvgIpc) is 3.39. The number of methoxy groups -OCH3 is 1. The maximum atomic E-state index is 13.8. The van der Waals surface area contributed by atoms with E-state index in [2.05, 4.69) is 17.6 Å². The SMILES string of the molecule is CNC(=O)[C@@H]1[C@H]2C(=O)N(CCCCCCO)C(C(=O)Nc3ccc(OC)cc3)C23CC[C@@]1(C)S3. The molecule has 1 aromatic rings. The number of aliphatic hydroxyl groups is 1. The summed E-state index contributed by atoms with van der Waals surface area (Å²) in [4.78, 5) is 42.2. The van der Waals surface area contributed by atoms with Gasteiger partial charge in [0.1, 0.15) is 11.8 Å². The molecule has 34 heavy (non-hydrogen) atoms. The lowest BCUT2D eigenvalue weighted by Gasteiger charge is -2.34. The molecule has 3 heterocycles. The number of amides is 3. The van der Waals surface area contributed by atoms with Crippen LogP contribution in [-0.2, 0) is 14.4 Å². The molecule has 3 aliphatic heterocycles. The van der Waals surface area contributed by atoms with E-state index < -0.39 is 22.6 Å². The summed E-state index contributed by atoms with van der Waals surface area (Å²) in [5.41, 5.74) is 0.646. The lowest BCUT2D eigenvalue weighted by molar-refractivity contribution is -0.140. The van der Waals surface area contributed by atoms with Crippen LogP contribution in [0.1, 0.15) is 45.4 Å². The van der Waals surface area contributed by atoms with Crippen molar-refractivity contribution in [1.29, 1.82) is 0 Å². The molecule has 3 fully saturated rings. The van der Waals surface area contributed by atoms with Crippen molar-refractivity contribution >= 4 is 35.2 Å². The highest BCUT2D eigenvalue weighted by atomic mass is 32.2. The molecule has 2 unspecified atom stereocenters. The smallest absolute Gasteiger partial charge is 0.248 e. The highest BCUT2D eigenvalue weighted by Crippen LogP contribution is 2.71. The van der Waals surface area contributed by atoms with E-state index in [0.717, 1.165) is 38.5 Å². The lowest BCUT2D eigenvalue weighted by Crippen LogP contribution is -2.52. The Bertz CT molecular complexity index is 941. The first-order valence-corrected chi connectivity index (χ1v) is 12.9. The van der Waals surface area contributed by atoms with Crippen LogP contribution < -0.4 is 15.4 Å². The van der Waals surface area contributed by atoms with Crippen molar-refractivity contribution in [3.63, 3.8) is 0 Å². The molecule has 0 aliphatic carbocycles. The first-order chi connectivity index (χ1) is 16.3. The number of hydrogen-bond donors (Lipinski definition) is 3. The van der Waals surface area contributed by atoms with Gasteiger partial charge in [0.05, 0.1) is 23.7 Å². The highest BCUT2D eigenvalue weighted by molar-refractivity contribution is 8.02. The molecule has 3 amide bonds. The molecule has 4 rings (SSSR count). The van der Waals surface area contributed by atoms with E-state index in [9.17, 15) is 14.4 Å². The van der Waals surface area contributed by atoms with E-state index in [1.165, 1.54) is 0 Å². The van der Waals surface area contributed by atoms with Crippen LogP contribution in [0.2, 0.25) is 0 Å². The van der Waals surface area contributed by atoms with Gasteiger partial charge in [0.15, 0.2) is 0 Å². The summed E-state index contributed by atoms with van der Waals surface area (Å²) in [6, 6.07) is 6.51. The molecular formula is C25H35N3O5S. The fraction of sp³-hybridized carbons (Fsp3) is 0.640. The number of fused-ring (bicyclic) bond motifs is 1. The number of ether oxygens (including phenoxy) is 1. The first kappa shape index (κ1) is 24.9. The van der Waals surface area contributed by atoms with Gasteiger partial charge in [0.2, 0.25) is 17.7 Å². The number of hydrogen-bond acceptors (Lipinski definition) is 6. The fourth-order valence-corrected chi connectivity index (χ4v) is 8.51. The summed E-state index contributed by atoms with van der Waals surface area (Å²) >= 11 is 1.67. The van der Waals surface area contributed by atoms with E-state index in [1.54, 1.807) is 55.1 Å². The van der Waals surface area contributed by atoms with E-state index in [0.29, 0.717) is 18.0 Å². The summed E-state index contributed by atoms with van der Waals surface area (Å²) in [5, 5.41) is 14.8. The first-order valence-electron chi connectivity index (χ1n) is 12.1. The number of thioether (sulfide) groups is 1. The molecule has 0 radical (unpaired) electrons. The number of aliphatic hydroxyl groups excluding tert-OH is 1. The number of unbranched alkanes of at least 4 members (excludes halogenated alkanes) is 3. The Morgan fingerprint density at radius 2 is 1.85 bits per heavy atom. The fourth-order valence-electron chi connectivity index (χ4n) is 6.16. The van der Waals surface area contributed by atoms with E-state index >= 15 is 0 Å². The summed E-state index contributed by atoms with van der Waals surface area (Å²) in [7, 11) is 3.20. The van der Waals surface area contributed by atoms with Crippen molar-refractivity contribution in [2.45, 2.75) is 61.0 Å². The van der Waals surface area contributed by atoms with Gasteiger partial charge in [0.25, 0.3) is 0 Å². The maximum Gasteiger partial charge on any atom is 0.248 e. The van der Waals surface area contributed by atoms with Gasteiger partial charge < -0.3 is 25.4 Å². The van der Waals surface area contributed by atoms with Gasteiger partial charge in [-0.2, -0.15) is 0 Å². The Morgan fingerprint density at radius 3 is 2.50 bits per heavy atom. The number of nitrogens with one attached hydrogen (secondary N) is 2. The molecule has 1 aromatic carbocycles. The van der Waals surface area contributed by atoms with Gasteiger partial charge >= 0.3 is 0 Å². The molecule has 3 aliphatic rings. The third-order valence-corrected chi connectivity index (χ3v) is 9.70. The normalized spacial score (nSPS) is 31.5. The van der Waals surface area contributed by atoms with Gasteiger partial charge in [-0.05, 0) is 56.9 Å². The van der Waals surface area contributed by atoms with Crippen molar-refractivity contribution in [2.24, 2.45) is 11.8 Å². The zero-order chi connectivity index (χ0) is 24.5. The quantitative estimate of drug-likeness (QED) is 0.436. The lowest BCUT2D eigenvalue weighted by atomic mass is 9.66. The summed E-state index contributed by atoms with van der Waals surface area (Å²) in [5.74, 6) is -0.649. The van der Waals surface area contributed by atoms with Crippen LogP contribution in [0.15, 0.2) is 24.3 Å². The number of carbonyl (C=O) groups excluding carboxylic acids is 3. The monoisotopic (exact) mass is 489 g/mol. The molecule has 2 bridgehead atoms. The standard InChI is InChI=1S/C25H35N3O5S/c1-24-12-13-25(34-24)19(18(24)21(30)26-2)23(32)28(14-6-4-5-7-15-29)20(25)22(31)27-16-8-10-17(33-3)11-9-16/h8-11,18-20,29H,4-7,12-15H2,1-3H3,(H,26,30)(H,27,31)/t18-,19-,20?,24+,25?/m0/s1. The van der Waals surface area contributed by atoms with Crippen LogP contribution in [0.25, 0.3) is 0 Å². The molecule has 0 aromatic heterocycles. The Balaban J connectivity index is 1.63. The summed E-state index contributed by atoms with van der Waals surface area (Å²) < 4.78 is 4.25. The van der Waals surface area contributed by atoms with Crippen LogP contribution in [0, 0.1) is 11.8 Å². The van der Waals surface area contributed by atoms with Gasteiger partial charge in [-0.15, -0.1) is 11.8 Å². The second kappa shape index (κ2) is 9.77. The zero-order valence-corrected chi connectivity index (χ0v) is 21.0. The predicted octanol–water partition coefficient (Wildman–Crippen LogP) is 2.41. The van der Waals surface area contributed by atoms with Crippen molar-refractivity contribution in [3.05, 3.63) is 24.3 Å². The van der Waals surface area contributed by atoms with Crippen LogP contribution >= 0.6 is 11.8 Å². The minimum atomic E-state index is -0.633. The summed E-state index contributed by atoms with van der Waals surface area (Å²) in [6.07, 6.45) is 4.78. The number of anilines is 1. The van der Waals surface area contributed by atoms with E-state index in [4.69, 9.17) is 9.84 Å². The third kappa shape index (κ3) is 4.06. The average molecular weight is 490 g/mol. The van der Waals surface area contributed by atoms with Gasteiger partial charge in [-0.3, -0.25) is 14.4 Å². The Hall–Kier alpha value is -2.26. The van der Waals surface area contributed by atoms with Crippen molar-refractivity contribution in [1.82, 2.24) is 10.2 Å². The molecule has 186 valence electrons. The number of benzene rings is 1. The second-order valence-electron chi connectivity index (χ2n) is 9.73. The number of likely N-dealkylation sites (tertiary alicyclic amines) is 1. The zero-order valence-electron chi connectivity index (χ0n) is 20.1. The minimum Gasteiger partial charge on any atom is -0.497 e. The van der Waals surface area contributed by atoms with Crippen LogP contribution in [0.5, 0.6) is 5.75 Å². The molecule has 1 spiro atoms. The topological polar surface area (TPSA) is 108 Å². The molecule has 3 N–H and O–H groups in total. The number of nitrogens with zero attached hydrogens (tertiary/aromatic N) is 1. The van der Waals surface area contributed by atoms with Crippen molar-refractivity contribution < 1.29 is 24.2 Å². The molecular weight excluding hydrogens is 454 g/mol. The maximum absolute atomic E-state index is 13.8. The van der Waals surface area contributed by atoms with Crippen LogP contribution in [0.3, 0.4) is 0 Å². The number of carbonyl (C=O) groups is 3. The van der Waals surface area contributed by atoms with E-state index in [1.807, 2.05) is 0 Å².